The van der Waals surface area contributed by atoms with E-state index in [9.17, 15) is 13.0 Å². The summed E-state index contributed by atoms with van der Waals surface area (Å²) >= 11 is 0. The van der Waals surface area contributed by atoms with Crippen LogP contribution in [0.2, 0.25) is 0 Å². The van der Waals surface area contributed by atoms with Crippen LogP contribution in [0.15, 0.2) is 88.1 Å². The summed E-state index contributed by atoms with van der Waals surface area (Å²) in [6.45, 7) is 22.2. The second-order valence-electron chi connectivity index (χ2n) is 15.4. The fraction of sp³-hybridized carbons (Fsp3) is 0.475. The van der Waals surface area contributed by atoms with Crippen LogP contribution in [0.5, 0.6) is 0 Å². The lowest BCUT2D eigenvalue weighted by Crippen LogP contribution is -2.31. The average molecular weight is 655 g/mol. The molecule has 3 aliphatic heterocycles. The molecule has 0 bridgehead atoms. The van der Waals surface area contributed by atoms with Crippen molar-refractivity contribution in [3.05, 3.63) is 99.9 Å². The van der Waals surface area contributed by atoms with Gasteiger partial charge in [0, 0.05) is 69.7 Å². The summed E-state index contributed by atoms with van der Waals surface area (Å²) in [5.41, 5.74) is 12.0. The van der Waals surface area contributed by atoms with E-state index in [-0.39, 0.29) is 16.4 Å². The van der Waals surface area contributed by atoms with Crippen LogP contribution in [0.3, 0.4) is 0 Å². The SMILES string of the molecule is Cc1ccc2c(c1)C(C)(C)C(=CC=C1CC/C(=C\C=C3\N(C(C)C)c4ccc(S(=O)(=O)O)cc4C3(C)C)C1=[N+]1CCCC1)N2C(C)C. The summed E-state index contributed by atoms with van der Waals surface area (Å²) in [5.74, 6) is 0. The van der Waals surface area contributed by atoms with Gasteiger partial charge in [0.25, 0.3) is 10.1 Å². The molecular weight excluding hydrogens is 603 g/mol. The van der Waals surface area contributed by atoms with Crippen LogP contribution < -0.4 is 9.80 Å². The minimum absolute atomic E-state index is 0.0586. The van der Waals surface area contributed by atoms with E-state index in [1.165, 1.54) is 58.3 Å². The van der Waals surface area contributed by atoms with E-state index in [2.05, 4.69) is 119 Å². The number of hydrogen-bond donors (Lipinski definition) is 1. The molecule has 2 aromatic carbocycles. The molecule has 1 aliphatic carbocycles. The molecule has 250 valence electrons. The van der Waals surface area contributed by atoms with Gasteiger partial charge in [0.2, 0.25) is 5.71 Å². The predicted octanol–water partition coefficient (Wildman–Crippen LogP) is 8.62. The third kappa shape index (κ3) is 5.73. The molecule has 47 heavy (non-hydrogen) atoms. The maximum Gasteiger partial charge on any atom is 0.294 e. The first-order valence-electron chi connectivity index (χ1n) is 17.3. The van der Waals surface area contributed by atoms with E-state index >= 15 is 0 Å². The molecule has 2 aromatic rings. The van der Waals surface area contributed by atoms with E-state index in [1.807, 2.05) is 6.07 Å². The monoisotopic (exact) mass is 654 g/mol. The van der Waals surface area contributed by atoms with Gasteiger partial charge in [0.05, 0.1) is 4.90 Å². The van der Waals surface area contributed by atoms with Crippen molar-refractivity contribution in [2.75, 3.05) is 22.9 Å². The summed E-state index contributed by atoms with van der Waals surface area (Å²) in [7, 11) is -4.30. The average Bonchev–Trinajstić information content (AvgIpc) is 3.74. The van der Waals surface area contributed by atoms with E-state index < -0.39 is 15.5 Å². The number of rotatable bonds is 5. The highest BCUT2D eigenvalue weighted by Crippen LogP contribution is 2.51. The Morgan fingerprint density at radius 2 is 1.21 bits per heavy atom. The van der Waals surface area contributed by atoms with Crippen LogP contribution in [-0.2, 0) is 20.9 Å². The Hall–Kier alpha value is -3.42. The van der Waals surface area contributed by atoms with Crippen molar-refractivity contribution >= 4 is 27.2 Å². The van der Waals surface area contributed by atoms with Crippen molar-refractivity contribution in [3.8, 4) is 0 Å². The highest BCUT2D eigenvalue weighted by Gasteiger charge is 2.43. The first kappa shape index (κ1) is 33.5. The molecule has 0 aromatic heterocycles. The van der Waals surface area contributed by atoms with Gasteiger partial charge in [0.1, 0.15) is 13.1 Å². The van der Waals surface area contributed by atoms with Crippen molar-refractivity contribution in [2.45, 2.75) is 116 Å². The molecule has 0 atom stereocenters. The first-order chi connectivity index (χ1) is 22.0. The van der Waals surface area contributed by atoms with Crippen molar-refractivity contribution in [1.82, 2.24) is 0 Å². The number of fused-ring (bicyclic) bond motifs is 2. The third-order valence-corrected chi connectivity index (χ3v) is 11.5. The summed E-state index contributed by atoms with van der Waals surface area (Å²) in [5, 5.41) is 0. The third-order valence-electron chi connectivity index (χ3n) is 10.7. The molecule has 0 radical (unpaired) electrons. The fourth-order valence-corrected chi connectivity index (χ4v) is 8.82. The zero-order valence-electron chi connectivity index (χ0n) is 29.7. The number of aryl methyl sites for hydroxylation is 1. The zero-order valence-corrected chi connectivity index (χ0v) is 30.5. The largest absolute Gasteiger partial charge is 0.341 e. The Labute approximate surface area is 282 Å². The van der Waals surface area contributed by atoms with Crippen molar-refractivity contribution < 1.29 is 17.5 Å². The Balaban J connectivity index is 1.42. The van der Waals surface area contributed by atoms with Crippen LogP contribution in [0, 0.1) is 6.92 Å². The van der Waals surface area contributed by atoms with Gasteiger partial charge < -0.3 is 9.80 Å². The number of nitrogens with zero attached hydrogens (tertiary/aromatic N) is 3. The molecule has 4 aliphatic rings. The van der Waals surface area contributed by atoms with Crippen LogP contribution in [-0.4, -0.2) is 48.4 Å². The van der Waals surface area contributed by atoms with E-state index in [1.54, 1.807) is 6.07 Å². The highest BCUT2D eigenvalue weighted by atomic mass is 32.2. The normalized spacial score (nSPS) is 23.9. The zero-order chi connectivity index (χ0) is 34.1. The van der Waals surface area contributed by atoms with Gasteiger partial charge in [-0.25, -0.2) is 4.58 Å². The molecule has 1 saturated carbocycles. The summed E-state index contributed by atoms with van der Waals surface area (Å²) in [6, 6.07) is 12.4. The molecule has 0 spiro atoms. The Morgan fingerprint density at radius 3 is 1.68 bits per heavy atom. The molecule has 1 N–H and O–H groups in total. The van der Waals surface area contributed by atoms with Crippen LogP contribution in [0.25, 0.3) is 0 Å². The van der Waals surface area contributed by atoms with Crippen molar-refractivity contribution in [3.63, 3.8) is 0 Å². The van der Waals surface area contributed by atoms with Crippen LogP contribution >= 0.6 is 0 Å². The fourth-order valence-electron chi connectivity index (χ4n) is 8.32. The topological polar surface area (TPSA) is 63.9 Å². The number of hydrogen-bond acceptors (Lipinski definition) is 4. The van der Waals surface area contributed by atoms with Crippen molar-refractivity contribution in [2.24, 2.45) is 0 Å². The Morgan fingerprint density at radius 1 is 0.745 bits per heavy atom. The smallest absolute Gasteiger partial charge is 0.294 e. The standard InChI is InChI=1S/C40H51N3O3S/c1-26(2)42-34-18-12-28(5)24-32(34)39(6,7)36(42)20-15-29-13-14-30(38(29)41-22-10-11-23-41)16-21-37-40(8,9)33-25-31(47(44,45)46)17-19-35(33)43(37)27(3)4/h12,15-21,24-27H,10-11,13-14,22-23H2,1-9H3/p+1. The van der Waals surface area contributed by atoms with Gasteiger partial charge in [0.15, 0.2) is 0 Å². The van der Waals surface area contributed by atoms with Gasteiger partial charge in [-0.3, -0.25) is 4.55 Å². The maximum atomic E-state index is 12.0. The molecule has 6 rings (SSSR count). The van der Waals surface area contributed by atoms with E-state index in [4.69, 9.17) is 0 Å². The lowest BCUT2D eigenvalue weighted by molar-refractivity contribution is -0.505. The van der Waals surface area contributed by atoms with Gasteiger partial charge in [-0.1, -0.05) is 57.5 Å². The molecule has 2 fully saturated rings. The van der Waals surface area contributed by atoms with Crippen molar-refractivity contribution in [1.29, 1.82) is 0 Å². The Bertz CT molecular complexity index is 1880. The number of allylic oxidation sites excluding steroid dienone is 8. The second kappa shape index (κ2) is 11.9. The second-order valence-corrected chi connectivity index (χ2v) is 16.8. The molecular formula is C40H52N3O3S+. The quantitative estimate of drug-likeness (QED) is 0.258. The Kier molecular flexibility index (Phi) is 8.49. The molecule has 0 amide bonds. The summed E-state index contributed by atoms with van der Waals surface area (Å²) < 4.78 is 36.4. The van der Waals surface area contributed by atoms with Gasteiger partial charge in [-0.15, -0.1) is 0 Å². The minimum atomic E-state index is -4.30. The lowest BCUT2D eigenvalue weighted by atomic mass is 9.83. The summed E-state index contributed by atoms with van der Waals surface area (Å²) in [4.78, 5) is 4.77. The predicted molar refractivity (Wildman–Crippen MR) is 195 cm³/mol. The molecule has 6 nitrogen and oxygen atoms in total. The van der Waals surface area contributed by atoms with E-state index in [0.29, 0.717) is 6.04 Å². The van der Waals surface area contributed by atoms with E-state index in [0.717, 1.165) is 42.9 Å². The molecule has 3 heterocycles. The molecule has 7 heteroatoms. The van der Waals surface area contributed by atoms with Gasteiger partial charge >= 0.3 is 0 Å². The van der Waals surface area contributed by atoms with Crippen LogP contribution in [0.4, 0.5) is 11.4 Å². The lowest BCUT2D eigenvalue weighted by Gasteiger charge is -2.30. The van der Waals surface area contributed by atoms with Gasteiger partial charge in [-0.05, 0) is 95.0 Å². The molecule has 0 unspecified atom stereocenters. The maximum absolute atomic E-state index is 12.0. The highest BCUT2D eigenvalue weighted by molar-refractivity contribution is 7.85. The minimum Gasteiger partial charge on any atom is -0.341 e. The number of benzene rings is 2. The number of anilines is 2. The van der Waals surface area contributed by atoms with Gasteiger partial charge in [-0.2, -0.15) is 8.42 Å². The molecule has 1 saturated heterocycles. The summed E-state index contributed by atoms with van der Waals surface area (Å²) in [6.07, 6.45) is 13.8. The van der Waals surface area contributed by atoms with Crippen LogP contribution in [0.1, 0.15) is 97.8 Å². The first-order valence-corrected chi connectivity index (χ1v) is 18.7.